The second-order valence-corrected chi connectivity index (χ2v) is 6.10. The molecule has 0 unspecified atom stereocenters. The van der Waals surface area contributed by atoms with Gasteiger partial charge in [0.2, 0.25) is 0 Å². The molecule has 6 nitrogen and oxygen atoms in total. The normalized spacial score (nSPS) is 11.7. The third-order valence-electron chi connectivity index (χ3n) is 4.33. The van der Waals surface area contributed by atoms with Gasteiger partial charge in [0.1, 0.15) is 5.75 Å². The van der Waals surface area contributed by atoms with Crippen molar-refractivity contribution in [2.45, 2.75) is 20.0 Å². The van der Waals surface area contributed by atoms with Crippen LogP contribution in [-0.2, 0) is 6.18 Å². The lowest BCUT2D eigenvalue weighted by Gasteiger charge is -2.18. The summed E-state index contributed by atoms with van der Waals surface area (Å²) >= 11 is 0. The van der Waals surface area contributed by atoms with E-state index in [1.807, 2.05) is 0 Å². The van der Waals surface area contributed by atoms with Crippen LogP contribution in [0, 0.1) is 13.8 Å². The Kier molecular flexibility index (Phi) is 4.17. The number of hydrogen-bond donors (Lipinski definition) is 3. The second kappa shape index (κ2) is 6.11. The van der Waals surface area contributed by atoms with E-state index in [1.165, 1.54) is 6.07 Å². The van der Waals surface area contributed by atoms with Gasteiger partial charge in [-0.2, -0.15) is 13.2 Å². The van der Waals surface area contributed by atoms with Crippen LogP contribution in [0.1, 0.15) is 27.2 Å². The summed E-state index contributed by atoms with van der Waals surface area (Å²) in [6, 6.07) is 4.20. The van der Waals surface area contributed by atoms with Crippen LogP contribution < -0.4 is 11.5 Å². The van der Waals surface area contributed by atoms with Crippen molar-refractivity contribution >= 4 is 22.6 Å². The van der Waals surface area contributed by atoms with Gasteiger partial charge in [0.25, 0.3) is 5.91 Å². The Balaban J connectivity index is 2.50. The van der Waals surface area contributed by atoms with E-state index >= 15 is 0 Å². The number of primary amides is 1. The molecule has 1 aromatic heterocycles. The fraction of sp³-hybridized carbons (Fsp3) is 0.167. The number of amides is 1. The summed E-state index contributed by atoms with van der Waals surface area (Å²) in [7, 11) is 0. The molecule has 140 valence electrons. The fourth-order valence-corrected chi connectivity index (χ4v) is 2.99. The third-order valence-corrected chi connectivity index (χ3v) is 4.33. The fourth-order valence-electron chi connectivity index (χ4n) is 2.99. The number of nitrogens with zero attached hydrogens (tertiary/aromatic N) is 2. The van der Waals surface area contributed by atoms with Crippen LogP contribution in [0.25, 0.3) is 22.2 Å². The van der Waals surface area contributed by atoms with E-state index < -0.39 is 17.8 Å². The molecule has 0 aliphatic carbocycles. The number of benzene rings is 2. The molecule has 2 aromatic carbocycles. The van der Waals surface area contributed by atoms with Crippen LogP contribution >= 0.6 is 0 Å². The van der Waals surface area contributed by atoms with Gasteiger partial charge in [0.05, 0.1) is 28.5 Å². The molecular formula is C18H15F3N4O2. The maximum absolute atomic E-state index is 13.0. The summed E-state index contributed by atoms with van der Waals surface area (Å²) in [5.41, 5.74) is 11.7. The smallest absolute Gasteiger partial charge is 0.434 e. The molecule has 0 saturated carbocycles. The van der Waals surface area contributed by atoms with Crippen LogP contribution in [0.3, 0.4) is 0 Å². The molecule has 3 rings (SSSR count). The third kappa shape index (κ3) is 3.01. The minimum Gasteiger partial charge on any atom is -0.508 e. The number of nitrogen functional groups attached to an aromatic ring is 1. The first-order valence-corrected chi connectivity index (χ1v) is 7.78. The van der Waals surface area contributed by atoms with Crippen LogP contribution in [0.4, 0.5) is 18.9 Å². The zero-order valence-electron chi connectivity index (χ0n) is 14.3. The molecule has 0 bridgehead atoms. The molecule has 0 saturated heterocycles. The highest BCUT2D eigenvalue weighted by molar-refractivity contribution is 6.10. The van der Waals surface area contributed by atoms with Crippen molar-refractivity contribution in [1.29, 1.82) is 0 Å². The van der Waals surface area contributed by atoms with Crippen LogP contribution in [-0.4, -0.2) is 21.0 Å². The molecule has 3 aromatic rings. The largest absolute Gasteiger partial charge is 0.508 e. The van der Waals surface area contributed by atoms with E-state index in [4.69, 9.17) is 11.5 Å². The zero-order chi connectivity index (χ0) is 20.1. The van der Waals surface area contributed by atoms with Crippen molar-refractivity contribution in [3.63, 3.8) is 0 Å². The van der Waals surface area contributed by atoms with Crippen LogP contribution in [0.15, 0.2) is 24.4 Å². The maximum atomic E-state index is 13.0. The lowest BCUT2D eigenvalue weighted by Crippen LogP contribution is -2.16. The van der Waals surface area contributed by atoms with Crippen molar-refractivity contribution in [2.75, 3.05) is 5.73 Å². The molecule has 0 aliphatic heterocycles. The molecule has 0 spiro atoms. The Morgan fingerprint density at radius 1 is 1.19 bits per heavy atom. The first-order chi connectivity index (χ1) is 12.5. The highest BCUT2D eigenvalue weighted by Gasteiger charge is 2.34. The summed E-state index contributed by atoms with van der Waals surface area (Å²) in [6.45, 7) is 3.36. The van der Waals surface area contributed by atoms with E-state index in [-0.39, 0.29) is 33.6 Å². The topological polar surface area (TPSA) is 115 Å². The Bertz CT molecular complexity index is 1090. The van der Waals surface area contributed by atoms with E-state index in [1.54, 1.807) is 19.9 Å². The van der Waals surface area contributed by atoms with Crippen LogP contribution in [0.5, 0.6) is 5.75 Å². The van der Waals surface area contributed by atoms with Gasteiger partial charge in [-0.1, -0.05) is 6.07 Å². The summed E-state index contributed by atoms with van der Waals surface area (Å²) in [4.78, 5) is 19.3. The first-order valence-electron chi connectivity index (χ1n) is 7.78. The van der Waals surface area contributed by atoms with E-state index in [0.717, 1.165) is 6.07 Å². The number of carbonyl (C=O) groups is 1. The van der Waals surface area contributed by atoms with E-state index in [0.29, 0.717) is 22.9 Å². The van der Waals surface area contributed by atoms with Crippen molar-refractivity contribution in [3.8, 4) is 16.9 Å². The molecule has 5 N–H and O–H groups in total. The zero-order valence-corrected chi connectivity index (χ0v) is 14.3. The van der Waals surface area contributed by atoms with Gasteiger partial charge in [-0.15, -0.1) is 0 Å². The van der Waals surface area contributed by atoms with Gasteiger partial charge < -0.3 is 16.6 Å². The molecular weight excluding hydrogens is 361 g/mol. The summed E-state index contributed by atoms with van der Waals surface area (Å²) < 4.78 is 39.0. The number of aryl methyl sites for hydroxylation is 1. The van der Waals surface area contributed by atoms with Gasteiger partial charge in [0, 0.05) is 5.56 Å². The number of rotatable bonds is 2. The number of aromatic nitrogens is 2. The maximum Gasteiger partial charge on any atom is 0.434 e. The molecule has 27 heavy (non-hydrogen) atoms. The predicted octanol–water partition coefficient (Wildman–Crippen LogP) is 3.32. The van der Waals surface area contributed by atoms with Crippen molar-refractivity contribution in [2.24, 2.45) is 5.73 Å². The van der Waals surface area contributed by atoms with Gasteiger partial charge in [-0.05, 0) is 42.7 Å². The number of fused-ring (bicyclic) bond motifs is 1. The summed E-state index contributed by atoms with van der Waals surface area (Å²) in [5.74, 6) is -0.946. The lowest BCUT2D eigenvalue weighted by atomic mass is 9.91. The number of phenols is 1. The van der Waals surface area contributed by atoms with Crippen LogP contribution in [0.2, 0.25) is 0 Å². The molecule has 9 heteroatoms. The monoisotopic (exact) mass is 376 g/mol. The number of nitrogens with two attached hydrogens (primary N) is 2. The quantitative estimate of drug-likeness (QED) is 0.594. The average Bonchev–Trinajstić information content (AvgIpc) is 2.58. The predicted molar refractivity (Wildman–Crippen MR) is 94.0 cm³/mol. The number of carbonyl (C=O) groups excluding carboxylic acids is 1. The van der Waals surface area contributed by atoms with E-state index in [9.17, 15) is 23.1 Å². The Morgan fingerprint density at radius 2 is 1.85 bits per heavy atom. The van der Waals surface area contributed by atoms with Crippen molar-refractivity contribution in [3.05, 3.63) is 46.8 Å². The molecule has 1 heterocycles. The molecule has 0 aliphatic rings. The summed E-state index contributed by atoms with van der Waals surface area (Å²) in [5, 5.41) is 10.1. The minimum atomic E-state index is -4.70. The Hall–Kier alpha value is -3.36. The SMILES string of the molecule is Cc1ccc(O)c(C)c1-c1c(N)c(C(N)=O)cc2nc(C(F)(F)F)cnc12. The molecule has 0 fully saturated rings. The number of aromatic hydroxyl groups is 1. The number of hydrogen-bond acceptors (Lipinski definition) is 5. The number of halogens is 3. The number of phenolic OH excluding ortho intramolecular Hbond substituents is 1. The van der Waals surface area contributed by atoms with Crippen molar-refractivity contribution < 1.29 is 23.1 Å². The van der Waals surface area contributed by atoms with Gasteiger partial charge in [-0.25, -0.2) is 4.98 Å². The minimum absolute atomic E-state index is 0.0347. The lowest BCUT2D eigenvalue weighted by molar-refractivity contribution is -0.141. The Labute approximate surface area is 151 Å². The van der Waals surface area contributed by atoms with E-state index in [2.05, 4.69) is 9.97 Å². The summed E-state index contributed by atoms with van der Waals surface area (Å²) in [6.07, 6.45) is -4.10. The molecule has 0 radical (unpaired) electrons. The first kappa shape index (κ1) is 18.4. The molecule has 0 atom stereocenters. The highest BCUT2D eigenvalue weighted by Crippen LogP contribution is 2.41. The number of anilines is 1. The molecule has 1 amide bonds. The number of alkyl halides is 3. The van der Waals surface area contributed by atoms with Gasteiger partial charge >= 0.3 is 6.18 Å². The van der Waals surface area contributed by atoms with Crippen molar-refractivity contribution in [1.82, 2.24) is 9.97 Å². The highest BCUT2D eigenvalue weighted by atomic mass is 19.4. The standard InChI is InChI=1S/C18H15F3N4O2/c1-7-3-4-11(26)8(2)13(7)14-15(22)9(17(23)27)5-10-16(14)24-6-12(25-10)18(19,20)21/h3-6,26H,22H2,1-2H3,(H2,23,27). The second-order valence-electron chi connectivity index (χ2n) is 6.10. The van der Waals surface area contributed by atoms with Gasteiger partial charge in [-0.3, -0.25) is 9.78 Å². The van der Waals surface area contributed by atoms with Gasteiger partial charge in [0.15, 0.2) is 5.69 Å². The average molecular weight is 376 g/mol. The Morgan fingerprint density at radius 3 is 2.44 bits per heavy atom.